The molecule has 2 aromatic rings. The summed E-state index contributed by atoms with van der Waals surface area (Å²) < 4.78 is 12.9. The van der Waals surface area contributed by atoms with Crippen LogP contribution in [0.25, 0.3) is 0 Å². The van der Waals surface area contributed by atoms with Gasteiger partial charge in [0.25, 0.3) is 0 Å². The Labute approximate surface area is 103 Å². The highest BCUT2D eigenvalue weighted by molar-refractivity contribution is 6.30. The van der Waals surface area contributed by atoms with E-state index >= 15 is 0 Å². The van der Waals surface area contributed by atoms with Gasteiger partial charge in [-0.1, -0.05) is 23.7 Å². The molecule has 0 aliphatic rings. The van der Waals surface area contributed by atoms with Crippen molar-refractivity contribution in [1.29, 1.82) is 0 Å². The summed E-state index contributed by atoms with van der Waals surface area (Å²) in [6.07, 6.45) is 1.55. The van der Waals surface area contributed by atoms with E-state index in [1.165, 1.54) is 18.3 Å². The zero-order chi connectivity index (χ0) is 12.3. The molecule has 0 bridgehead atoms. The highest BCUT2D eigenvalue weighted by Gasteiger charge is 2.08. The van der Waals surface area contributed by atoms with Crippen LogP contribution >= 0.6 is 11.6 Å². The number of benzene rings is 1. The average Bonchev–Trinajstić information content (AvgIpc) is 2.29. The zero-order valence-electron chi connectivity index (χ0n) is 8.86. The summed E-state index contributed by atoms with van der Waals surface area (Å²) in [5.74, 6) is -0.508. The first-order chi connectivity index (χ1) is 8.15. The Morgan fingerprint density at radius 1 is 1.29 bits per heavy atom. The van der Waals surface area contributed by atoms with Gasteiger partial charge in [0, 0.05) is 12.6 Å². The van der Waals surface area contributed by atoms with Crippen LogP contribution < -0.4 is 0 Å². The Morgan fingerprint density at radius 3 is 2.76 bits per heavy atom. The number of hydrogen-bond acceptors (Lipinski definition) is 2. The van der Waals surface area contributed by atoms with Crippen LogP contribution in [0.15, 0.2) is 42.6 Å². The molecule has 0 N–H and O–H groups in total. The number of carbonyl (C=O) groups is 1. The monoisotopic (exact) mass is 249 g/mol. The fraction of sp³-hybridized carbons (Fsp3) is 0.0769. The van der Waals surface area contributed by atoms with E-state index in [-0.39, 0.29) is 18.0 Å². The van der Waals surface area contributed by atoms with Crippen LogP contribution in [0, 0.1) is 5.82 Å². The number of halogens is 2. The van der Waals surface area contributed by atoms with Crippen molar-refractivity contribution in [2.45, 2.75) is 6.42 Å². The van der Waals surface area contributed by atoms with Gasteiger partial charge in [0.05, 0.1) is 5.02 Å². The molecule has 17 heavy (non-hydrogen) atoms. The molecule has 1 aromatic carbocycles. The van der Waals surface area contributed by atoms with Crippen LogP contribution in [-0.4, -0.2) is 10.8 Å². The lowest BCUT2D eigenvalue weighted by Gasteiger charge is -2.01. The Morgan fingerprint density at radius 2 is 2.12 bits per heavy atom. The Bertz CT molecular complexity index is 539. The number of carbonyl (C=O) groups excluding carboxylic acids is 1. The summed E-state index contributed by atoms with van der Waals surface area (Å²) >= 11 is 5.67. The summed E-state index contributed by atoms with van der Waals surface area (Å²) in [6.45, 7) is 0. The fourth-order valence-electron chi connectivity index (χ4n) is 1.46. The molecule has 0 saturated carbocycles. The minimum atomic E-state index is -0.348. The maximum absolute atomic E-state index is 12.9. The Kier molecular flexibility index (Phi) is 3.49. The lowest BCUT2D eigenvalue weighted by atomic mass is 10.1. The van der Waals surface area contributed by atoms with Crippen LogP contribution in [-0.2, 0) is 6.42 Å². The van der Waals surface area contributed by atoms with E-state index in [1.807, 2.05) is 0 Å². The van der Waals surface area contributed by atoms with Crippen molar-refractivity contribution in [1.82, 2.24) is 4.98 Å². The van der Waals surface area contributed by atoms with E-state index in [1.54, 1.807) is 24.3 Å². The maximum atomic E-state index is 12.9. The van der Waals surface area contributed by atoms with Gasteiger partial charge in [0.2, 0.25) is 0 Å². The molecule has 2 nitrogen and oxygen atoms in total. The predicted octanol–water partition coefficient (Wildman–Crippen LogP) is 3.30. The van der Waals surface area contributed by atoms with E-state index in [4.69, 9.17) is 11.6 Å². The zero-order valence-corrected chi connectivity index (χ0v) is 9.62. The molecule has 1 aromatic heterocycles. The predicted molar refractivity (Wildman–Crippen MR) is 63.7 cm³/mol. The molecule has 1 heterocycles. The molecule has 0 spiro atoms. The first-order valence-electron chi connectivity index (χ1n) is 5.04. The average molecular weight is 250 g/mol. The Hall–Kier alpha value is -1.74. The highest BCUT2D eigenvalue weighted by atomic mass is 35.5. The van der Waals surface area contributed by atoms with Gasteiger partial charge >= 0.3 is 0 Å². The number of rotatable bonds is 3. The Balaban J connectivity index is 2.14. The summed E-state index contributed by atoms with van der Waals surface area (Å²) in [5.41, 5.74) is 0.963. The second-order valence-electron chi connectivity index (χ2n) is 3.59. The standard InChI is InChI=1S/C13H9ClFNO/c14-10-4-5-12(16-8-10)13(17)7-9-2-1-3-11(15)6-9/h1-6,8H,7H2. The fourth-order valence-corrected chi connectivity index (χ4v) is 1.58. The van der Waals surface area contributed by atoms with E-state index in [0.29, 0.717) is 16.3 Å². The van der Waals surface area contributed by atoms with E-state index in [9.17, 15) is 9.18 Å². The lowest BCUT2D eigenvalue weighted by molar-refractivity contribution is 0.0988. The molecule has 0 aliphatic heterocycles. The van der Waals surface area contributed by atoms with Gasteiger partial charge < -0.3 is 0 Å². The number of Topliss-reactive ketones (excluding diaryl/α,β-unsaturated/α-hetero) is 1. The van der Waals surface area contributed by atoms with E-state index < -0.39 is 0 Å². The molecular formula is C13H9ClFNO. The summed E-state index contributed by atoms with van der Waals surface area (Å²) in [7, 11) is 0. The summed E-state index contributed by atoms with van der Waals surface area (Å²) in [4.78, 5) is 15.7. The smallest absolute Gasteiger partial charge is 0.185 e. The molecule has 0 saturated heterocycles. The van der Waals surface area contributed by atoms with Crippen molar-refractivity contribution >= 4 is 17.4 Å². The summed E-state index contributed by atoms with van der Waals surface area (Å²) in [6, 6.07) is 9.13. The van der Waals surface area contributed by atoms with Gasteiger partial charge in [-0.15, -0.1) is 0 Å². The quantitative estimate of drug-likeness (QED) is 0.782. The minimum absolute atomic E-state index is 0.131. The summed E-state index contributed by atoms with van der Waals surface area (Å²) in [5, 5.41) is 0.479. The molecule has 4 heteroatoms. The lowest BCUT2D eigenvalue weighted by Crippen LogP contribution is -2.05. The molecule has 2 rings (SSSR count). The van der Waals surface area contributed by atoms with Gasteiger partial charge in [-0.25, -0.2) is 4.39 Å². The van der Waals surface area contributed by atoms with Crippen molar-refractivity contribution in [2.75, 3.05) is 0 Å². The second kappa shape index (κ2) is 5.06. The first kappa shape index (κ1) is 11.7. The number of nitrogens with zero attached hydrogens (tertiary/aromatic N) is 1. The van der Waals surface area contributed by atoms with Gasteiger partial charge in [-0.05, 0) is 29.8 Å². The van der Waals surface area contributed by atoms with Crippen LogP contribution in [0.5, 0.6) is 0 Å². The third-order valence-electron chi connectivity index (χ3n) is 2.27. The van der Waals surface area contributed by atoms with Crippen LogP contribution in [0.4, 0.5) is 4.39 Å². The topological polar surface area (TPSA) is 30.0 Å². The van der Waals surface area contributed by atoms with Crippen molar-refractivity contribution in [2.24, 2.45) is 0 Å². The van der Waals surface area contributed by atoms with Crippen molar-refractivity contribution < 1.29 is 9.18 Å². The van der Waals surface area contributed by atoms with E-state index in [2.05, 4.69) is 4.98 Å². The van der Waals surface area contributed by atoms with Crippen LogP contribution in [0.1, 0.15) is 16.1 Å². The van der Waals surface area contributed by atoms with E-state index in [0.717, 1.165) is 0 Å². The first-order valence-corrected chi connectivity index (χ1v) is 5.42. The van der Waals surface area contributed by atoms with Crippen LogP contribution in [0.2, 0.25) is 5.02 Å². The normalized spacial score (nSPS) is 10.2. The second-order valence-corrected chi connectivity index (χ2v) is 4.03. The van der Waals surface area contributed by atoms with Crippen LogP contribution in [0.3, 0.4) is 0 Å². The maximum Gasteiger partial charge on any atom is 0.185 e. The number of hydrogen-bond donors (Lipinski definition) is 0. The third-order valence-corrected chi connectivity index (χ3v) is 2.49. The molecule has 0 aliphatic carbocycles. The molecule has 0 radical (unpaired) electrons. The van der Waals surface area contributed by atoms with Gasteiger partial charge in [-0.2, -0.15) is 0 Å². The molecule has 0 atom stereocenters. The molecule has 0 amide bonds. The van der Waals surface area contributed by atoms with Crippen molar-refractivity contribution in [3.8, 4) is 0 Å². The van der Waals surface area contributed by atoms with Gasteiger partial charge in [0.15, 0.2) is 5.78 Å². The number of aromatic nitrogens is 1. The van der Waals surface area contributed by atoms with Gasteiger partial charge in [-0.3, -0.25) is 9.78 Å². The molecular weight excluding hydrogens is 241 g/mol. The SMILES string of the molecule is O=C(Cc1cccc(F)c1)c1ccc(Cl)cn1. The largest absolute Gasteiger partial charge is 0.292 e. The number of pyridine rings is 1. The highest BCUT2D eigenvalue weighted by Crippen LogP contribution is 2.10. The third kappa shape index (κ3) is 3.11. The molecule has 86 valence electrons. The molecule has 0 fully saturated rings. The molecule has 0 unspecified atom stereocenters. The minimum Gasteiger partial charge on any atom is -0.292 e. The van der Waals surface area contributed by atoms with Crippen molar-refractivity contribution in [3.05, 3.63) is 64.7 Å². The van der Waals surface area contributed by atoms with Gasteiger partial charge in [0.1, 0.15) is 11.5 Å². The number of ketones is 1. The van der Waals surface area contributed by atoms with Crippen molar-refractivity contribution in [3.63, 3.8) is 0 Å².